The van der Waals surface area contributed by atoms with E-state index in [-0.39, 0.29) is 0 Å². The molecule has 25 heavy (non-hydrogen) atoms. The number of hydrogen-bond donors (Lipinski definition) is 0. The van der Waals surface area contributed by atoms with Crippen LogP contribution in [0.1, 0.15) is 90.9 Å². The molecule has 150 valence electrons. The number of piperazine rings is 1. The first-order valence-corrected chi connectivity index (χ1v) is 12.5. The van der Waals surface area contributed by atoms with Gasteiger partial charge in [-0.25, -0.2) is 8.42 Å². The molecule has 0 saturated carbocycles. The van der Waals surface area contributed by atoms with Crippen LogP contribution in [0.3, 0.4) is 0 Å². The van der Waals surface area contributed by atoms with Crippen molar-refractivity contribution < 1.29 is 8.42 Å². The van der Waals surface area contributed by atoms with Crippen LogP contribution in [0, 0.1) is 0 Å². The molecule has 0 aromatic heterocycles. The van der Waals surface area contributed by atoms with E-state index in [9.17, 15) is 8.42 Å². The highest BCUT2D eigenvalue weighted by Gasteiger charge is 2.27. The quantitative estimate of drug-likeness (QED) is 0.415. The summed E-state index contributed by atoms with van der Waals surface area (Å²) in [5.74, 6) is 0. The minimum absolute atomic E-state index is 0.657. The molecule has 0 aromatic carbocycles. The first-order chi connectivity index (χ1) is 12.0. The molecule has 0 atom stereocenters. The van der Waals surface area contributed by atoms with E-state index in [0.717, 1.165) is 13.1 Å². The van der Waals surface area contributed by atoms with Crippen LogP contribution < -0.4 is 0 Å². The Kier molecular flexibility index (Phi) is 12.0. The maximum atomic E-state index is 11.7. The molecule has 0 aromatic rings. The number of sulfonamides is 1. The Labute approximate surface area is 157 Å². The van der Waals surface area contributed by atoms with Crippen molar-refractivity contribution in [2.24, 2.45) is 0 Å². The van der Waals surface area contributed by atoms with Gasteiger partial charge >= 0.3 is 0 Å². The molecule has 1 rings (SSSR count). The minimum atomic E-state index is -3.02. The van der Waals surface area contributed by atoms with Crippen molar-refractivity contribution in [2.75, 3.05) is 32.4 Å². The largest absolute Gasteiger partial charge is 0.298 e. The van der Waals surface area contributed by atoms with Gasteiger partial charge in [0.25, 0.3) is 0 Å². The second-order valence-corrected chi connectivity index (χ2v) is 9.74. The monoisotopic (exact) mass is 374 g/mol. The Morgan fingerprint density at radius 3 is 1.56 bits per heavy atom. The van der Waals surface area contributed by atoms with Gasteiger partial charge in [0.1, 0.15) is 0 Å². The second kappa shape index (κ2) is 13.1. The summed E-state index contributed by atoms with van der Waals surface area (Å²) in [6, 6.07) is 0.657. The molecule has 0 aliphatic carbocycles. The maximum absolute atomic E-state index is 11.7. The molecule has 0 amide bonds. The van der Waals surface area contributed by atoms with Gasteiger partial charge in [0.15, 0.2) is 0 Å². The summed E-state index contributed by atoms with van der Waals surface area (Å²) in [5, 5.41) is 0. The van der Waals surface area contributed by atoms with E-state index in [1.54, 1.807) is 4.31 Å². The lowest BCUT2D eigenvalue weighted by molar-refractivity contribution is 0.121. The van der Waals surface area contributed by atoms with Gasteiger partial charge in [-0.2, -0.15) is 4.31 Å². The predicted molar refractivity (Wildman–Crippen MR) is 109 cm³/mol. The molecular formula is C20H42N2O2S. The summed E-state index contributed by atoms with van der Waals surface area (Å²) >= 11 is 0. The van der Waals surface area contributed by atoms with Crippen molar-refractivity contribution >= 4 is 10.0 Å². The maximum Gasteiger partial charge on any atom is 0.211 e. The number of unbranched alkanes of at least 4 members (excludes halogenated alkanes) is 8. The molecule has 0 bridgehead atoms. The Hall–Kier alpha value is -0.130. The lowest BCUT2D eigenvalue weighted by Gasteiger charge is -2.38. The first kappa shape index (κ1) is 22.9. The van der Waals surface area contributed by atoms with Gasteiger partial charge in [-0.1, -0.05) is 78.1 Å². The molecule has 0 unspecified atom stereocenters. The lowest BCUT2D eigenvalue weighted by Crippen LogP contribution is -2.51. The van der Waals surface area contributed by atoms with Gasteiger partial charge in [-0.15, -0.1) is 0 Å². The van der Waals surface area contributed by atoms with Crippen molar-refractivity contribution in [1.82, 2.24) is 9.21 Å². The van der Waals surface area contributed by atoms with E-state index in [1.807, 2.05) is 0 Å². The standard InChI is InChI=1S/C20H42N2O2S/c1-4-6-8-10-12-14-20(15-13-11-9-7-5-2)21-16-18-22(19-17-21)25(3,23)24/h20H,4-19H2,1-3H3. The molecule has 1 heterocycles. The number of nitrogens with zero attached hydrogens (tertiary/aromatic N) is 2. The summed E-state index contributed by atoms with van der Waals surface area (Å²) in [6.07, 6.45) is 17.3. The number of rotatable bonds is 14. The average molecular weight is 375 g/mol. The normalized spacial score (nSPS) is 17.4. The van der Waals surface area contributed by atoms with E-state index in [0.29, 0.717) is 19.1 Å². The zero-order valence-electron chi connectivity index (χ0n) is 17.0. The van der Waals surface area contributed by atoms with Crippen molar-refractivity contribution in [3.63, 3.8) is 0 Å². The van der Waals surface area contributed by atoms with E-state index < -0.39 is 10.0 Å². The Morgan fingerprint density at radius 2 is 1.16 bits per heavy atom. The van der Waals surface area contributed by atoms with Crippen molar-refractivity contribution in [3.05, 3.63) is 0 Å². The summed E-state index contributed by atoms with van der Waals surface area (Å²) in [6.45, 7) is 7.67. The van der Waals surface area contributed by atoms with E-state index in [4.69, 9.17) is 0 Å². The molecule has 1 fully saturated rings. The molecule has 0 radical (unpaired) electrons. The molecular weight excluding hydrogens is 332 g/mol. The zero-order valence-corrected chi connectivity index (χ0v) is 17.8. The van der Waals surface area contributed by atoms with Crippen LogP contribution in [-0.2, 0) is 10.0 Å². The van der Waals surface area contributed by atoms with Crippen LogP contribution in [0.2, 0.25) is 0 Å². The van der Waals surface area contributed by atoms with Gasteiger partial charge in [-0.3, -0.25) is 4.90 Å². The molecule has 0 spiro atoms. The molecule has 1 aliphatic rings. The highest BCUT2D eigenvalue weighted by atomic mass is 32.2. The smallest absolute Gasteiger partial charge is 0.211 e. The van der Waals surface area contributed by atoms with Crippen LogP contribution >= 0.6 is 0 Å². The van der Waals surface area contributed by atoms with Gasteiger partial charge in [0.05, 0.1) is 6.26 Å². The molecule has 4 nitrogen and oxygen atoms in total. The van der Waals surface area contributed by atoms with E-state index in [1.165, 1.54) is 83.3 Å². The van der Waals surface area contributed by atoms with Crippen molar-refractivity contribution in [3.8, 4) is 0 Å². The second-order valence-electron chi connectivity index (χ2n) is 7.76. The third kappa shape index (κ3) is 9.95. The number of hydrogen-bond acceptors (Lipinski definition) is 3. The Balaban J connectivity index is 2.41. The fourth-order valence-corrected chi connectivity index (χ4v) is 4.70. The average Bonchev–Trinajstić information content (AvgIpc) is 2.59. The van der Waals surface area contributed by atoms with Gasteiger partial charge in [0, 0.05) is 32.2 Å². The van der Waals surface area contributed by atoms with Crippen LogP contribution in [0.15, 0.2) is 0 Å². The lowest BCUT2D eigenvalue weighted by atomic mass is 9.98. The summed E-state index contributed by atoms with van der Waals surface area (Å²) < 4.78 is 25.1. The first-order valence-electron chi connectivity index (χ1n) is 10.7. The molecule has 0 N–H and O–H groups in total. The van der Waals surface area contributed by atoms with Crippen LogP contribution in [0.25, 0.3) is 0 Å². The van der Waals surface area contributed by atoms with Crippen LogP contribution in [0.4, 0.5) is 0 Å². The molecule has 1 saturated heterocycles. The summed E-state index contributed by atoms with van der Waals surface area (Å²) in [7, 11) is -3.02. The Bertz CT molecular complexity index is 403. The highest BCUT2D eigenvalue weighted by Crippen LogP contribution is 2.20. The molecule has 5 heteroatoms. The predicted octanol–water partition coefficient (Wildman–Crippen LogP) is 4.65. The van der Waals surface area contributed by atoms with Gasteiger partial charge < -0.3 is 0 Å². The fraction of sp³-hybridized carbons (Fsp3) is 1.00. The SMILES string of the molecule is CCCCCCCC(CCCCCCC)N1CCN(S(C)(=O)=O)CC1. The van der Waals surface area contributed by atoms with E-state index >= 15 is 0 Å². The molecule has 1 aliphatic heterocycles. The minimum Gasteiger partial charge on any atom is -0.298 e. The van der Waals surface area contributed by atoms with Crippen LogP contribution in [-0.4, -0.2) is 56.1 Å². The highest BCUT2D eigenvalue weighted by molar-refractivity contribution is 7.88. The van der Waals surface area contributed by atoms with Crippen molar-refractivity contribution in [2.45, 2.75) is 96.9 Å². The van der Waals surface area contributed by atoms with E-state index in [2.05, 4.69) is 18.7 Å². The van der Waals surface area contributed by atoms with Gasteiger partial charge in [0.2, 0.25) is 10.0 Å². The van der Waals surface area contributed by atoms with Crippen molar-refractivity contribution in [1.29, 1.82) is 0 Å². The third-order valence-corrected chi connectivity index (χ3v) is 6.84. The summed E-state index contributed by atoms with van der Waals surface area (Å²) in [5.41, 5.74) is 0. The summed E-state index contributed by atoms with van der Waals surface area (Å²) in [4.78, 5) is 2.57. The zero-order chi connectivity index (χ0) is 18.5. The third-order valence-electron chi connectivity index (χ3n) is 5.54. The fourth-order valence-electron chi connectivity index (χ4n) is 3.88. The van der Waals surface area contributed by atoms with Gasteiger partial charge in [-0.05, 0) is 12.8 Å². The van der Waals surface area contributed by atoms with Crippen LogP contribution in [0.5, 0.6) is 0 Å². The Morgan fingerprint density at radius 1 is 0.720 bits per heavy atom. The topological polar surface area (TPSA) is 40.6 Å².